The predicted octanol–water partition coefficient (Wildman–Crippen LogP) is 0.620. The molecule has 1 aliphatic rings. The normalized spacial score (nSPS) is 20.7. The molecule has 0 N–H and O–H groups in total. The summed E-state index contributed by atoms with van der Waals surface area (Å²) in [6.07, 6.45) is 3.08. The maximum Gasteiger partial charge on any atom is 0.316 e. The van der Waals surface area contributed by atoms with Gasteiger partial charge in [0.2, 0.25) is 0 Å². The molecule has 1 unspecified atom stereocenters. The van der Waals surface area contributed by atoms with Crippen LogP contribution >= 0.6 is 29.4 Å². The first-order valence-corrected chi connectivity index (χ1v) is 2.51. The summed E-state index contributed by atoms with van der Waals surface area (Å²) >= 11 is 0. The number of halogens is 2. The van der Waals surface area contributed by atoms with Crippen molar-refractivity contribution in [1.82, 2.24) is 0 Å². The quantitative estimate of drug-likeness (QED) is 0.562. The third-order valence-electron chi connectivity index (χ3n) is 1.16. The number of hydrogen-bond acceptors (Lipinski definition) is 1. The molecule has 0 aromatic rings. The molecule has 1 rings (SSSR count). The molecular weight excluding hydrogens is 223 g/mol. The van der Waals surface area contributed by atoms with E-state index < -0.39 is 0 Å². The van der Waals surface area contributed by atoms with Crippen molar-refractivity contribution in [2.24, 2.45) is 0 Å². The van der Waals surface area contributed by atoms with Crippen LogP contribution in [0.15, 0.2) is 0 Å². The molecule has 1 aliphatic heterocycles. The summed E-state index contributed by atoms with van der Waals surface area (Å²) in [6.45, 7) is 3.11. The summed E-state index contributed by atoms with van der Waals surface area (Å²) in [6, 6.07) is 0. The molecule has 0 aliphatic carbocycles. The number of hydrogen-bond donors (Lipinski definition) is 0. The van der Waals surface area contributed by atoms with E-state index in [1.54, 1.807) is 0 Å². The summed E-state index contributed by atoms with van der Waals surface area (Å²) < 4.78 is 5.15. The van der Waals surface area contributed by atoms with E-state index in [4.69, 9.17) is 4.74 Å². The van der Waals surface area contributed by atoms with E-state index >= 15 is 0 Å². The SMILES string of the molecule is Br.CC1CCCO1.Cl.[LiH].[MgH2]. The molecule has 1 atom stereocenters. The molecule has 0 saturated carbocycles. The van der Waals surface area contributed by atoms with Crippen molar-refractivity contribution in [3.63, 3.8) is 0 Å². The van der Waals surface area contributed by atoms with E-state index in [1.807, 2.05) is 0 Å². The van der Waals surface area contributed by atoms with Crippen molar-refractivity contribution in [2.45, 2.75) is 25.9 Å². The topological polar surface area (TPSA) is 9.23 Å². The smallest absolute Gasteiger partial charge is 0.316 e. The van der Waals surface area contributed by atoms with Gasteiger partial charge in [-0.1, -0.05) is 0 Å². The minimum atomic E-state index is 0. The van der Waals surface area contributed by atoms with Gasteiger partial charge in [-0.05, 0) is 19.8 Å². The van der Waals surface area contributed by atoms with Gasteiger partial charge in [0.25, 0.3) is 0 Å². The third-order valence-corrected chi connectivity index (χ3v) is 1.16. The van der Waals surface area contributed by atoms with Gasteiger partial charge < -0.3 is 4.74 Å². The van der Waals surface area contributed by atoms with Crippen molar-refractivity contribution in [1.29, 1.82) is 0 Å². The van der Waals surface area contributed by atoms with Crippen LogP contribution in [-0.2, 0) is 4.74 Å². The molecule has 1 saturated heterocycles. The van der Waals surface area contributed by atoms with E-state index in [2.05, 4.69) is 6.92 Å². The van der Waals surface area contributed by atoms with Crippen LogP contribution in [0.3, 0.4) is 0 Å². The molecule has 0 bridgehead atoms. The molecule has 0 aromatic heterocycles. The Balaban J connectivity index is -0.0000000450. The van der Waals surface area contributed by atoms with Gasteiger partial charge in [0.1, 0.15) is 0 Å². The Labute approximate surface area is 108 Å². The molecule has 1 nitrogen and oxygen atoms in total. The molecule has 58 valence electrons. The van der Waals surface area contributed by atoms with E-state index in [9.17, 15) is 0 Å². The van der Waals surface area contributed by atoms with Crippen LogP contribution in [0, 0.1) is 0 Å². The van der Waals surface area contributed by atoms with Crippen LogP contribution in [0.1, 0.15) is 19.8 Å². The Hall–Kier alpha value is 2.09. The first-order chi connectivity index (χ1) is 2.89. The van der Waals surface area contributed by atoms with Crippen molar-refractivity contribution in [3.8, 4) is 0 Å². The third kappa shape index (κ3) is 10.1. The van der Waals surface area contributed by atoms with Crippen molar-refractivity contribution in [2.75, 3.05) is 6.61 Å². The zero-order valence-electron chi connectivity index (χ0n) is 4.92. The summed E-state index contributed by atoms with van der Waals surface area (Å²) in [4.78, 5) is 0. The second kappa shape index (κ2) is 13.7. The van der Waals surface area contributed by atoms with Gasteiger partial charge in [-0.2, -0.15) is 0 Å². The van der Waals surface area contributed by atoms with Crippen LogP contribution in [0.25, 0.3) is 0 Å². The van der Waals surface area contributed by atoms with Gasteiger partial charge in [-0.3, -0.25) is 0 Å². The average molecular weight is 238 g/mol. The Morgan fingerprint density at radius 2 is 1.90 bits per heavy atom. The largest absolute Gasteiger partial charge is 0.316 e. The summed E-state index contributed by atoms with van der Waals surface area (Å²) in [5, 5.41) is 0. The maximum atomic E-state index is 5.15. The summed E-state index contributed by atoms with van der Waals surface area (Å²) in [5.41, 5.74) is 0. The number of rotatable bonds is 0. The van der Waals surface area contributed by atoms with Gasteiger partial charge in [0, 0.05) is 6.61 Å². The molecular formula is C5H15BrClLiMgO. The Kier molecular flexibility index (Phi) is 31.1. The Morgan fingerprint density at radius 1 is 1.40 bits per heavy atom. The second-order valence-corrected chi connectivity index (χ2v) is 1.82. The van der Waals surface area contributed by atoms with Crippen LogP contribution < -0.4 is 0 Å². The van der Waals surface area contributed by atoms with Crippen LogP contribution in [0.4, 0.5) is 0 Å². The van der Waals surface area contributed by atoms with E-state index in [-0.39, 0.29) is 71.3 Å². The van der Waals surface area contributed by atoms with E-state index in [1.165, 1.54) is 12.8 Å². The summed E-state index contributed by atoms with van der Waals surface area (Å²) in [7, 11) is 0. The molecule has 0 amide bonds. The van der Waals surface area contributed by atoms with Crippen molar-refractivity contribution in [3.05, 3.63) is 0 Å². The molecule has 0 radical (unpaired) electrons. The fraction of sp³-hybridized carbons (Fsp3) is 1.00. The molecule has 10 heavy (non-hydrogen) atoms. The van der Waals surface area contributed by atoms with Crippen LogP contribution in [0.5, 0.6) is 0 Å². The van der Waals surface area contributed by atoms with E-state index in [0.717, 1.165) is 6.61 Å². The molecule has 0 spiro atoms. The van der Waals surface area contributed by atoms with Gasteiger partial charge in [0.15, 0.2) is 0 Å². The fourth-order valence-corrected chi connectivity index (χ4v) is 0.739. The zero-order chi connectivity index (χ0) is 4.41. The minimum Gasteiger partial charge on any atom is 0.316 e. The molecule has 1 fully saturated rings. The zero-order valence-corrected chi connectivity index (χ0v) is 7.45. The van der Waals surface area contributed by atoms with Crippen LogP contribution in [0.2, 0.25) is 0 Å². The Bertz CT molecular complexity index is 54.9. The van der Waals surface area contributed by atoms with Gasteiger partial charge in [-0.25, -0.2) is 0 Å². The molecule has 0 aromatic carbocycles. The second-order valence-electron chi connectivity index (χ2n) is 1.82. The maximum absolute atomic E-state index is 5.15. The minimum absolute atomic E-state index is 0. The van der Waals surface area contributed by atoms with Crippen molar-refractivity contribution < 1.29 is 4.74 Å². The first-order valence-electron chi connectivity index (χ1n) is 2.51. The Morgan fingerprint density at radius 3 is 2.00 bits per heavy atom. The molecule has 1 heterocycles. The first kappa shape index (κ1) is 22.7. The van der Waals surface area contributed by atoms with Crippen molar-refractivity contribution >= 4 is 71.3 Å². The van der Waals surface area contributed by atoms with Crippen LogP contribution in [-0.4, -0.2) is 54.6 Å². The van der Waals surface area contributed by atoms with Gasteiger partial charge in [-0.15, -0.1) is 29.4 Å². The van der Waals surface area contributed by atoms with Gasteiger partial charge >= 0.3 is 41.9 Å². The number of ether oxygens (including phenoxy) is 1. The van der Waals surface area contributed by atoms with E-state index in [0.29, 0.717) is 6.10 Å². The van der Waals surface area contributed by atoms with Gasteiger partial charge in [0.05, 0.1) is 6.10 Å². The summed E-state index contributed by atoms with van der Waals surface area (Å²) in [5.74, 6) is 0. The fourth-order valence-electron chi connectivity index (χ4n) is 0.739. The monoisotopic (exact) mass is 236 g/mol. The standard InChI is InChI=1S/C5H10O.BrH.ClH.Li.Mg.3H/c1-5-3-2-4-6-5;;;;;;;/h5H,2-4H2,1H3;2*1H;;;;;. The predicted molar refractivity (Wildman–Crippen MR) is 57.9 cm³/mol. The average Bonchev–Trinajstić information content (AvgIpc) is 1.86. The molecule has 5 heteroatoms.